The summed E-state index contributed by atoms with van der Waals surface area (Å²) in [5.74, 6) is 0. The second kappa shape index (κ2) is 6.16. The van der Waals surface area contributed by atoms with Gasteiger partial charge in [-0.05, 0) is 48.1 Å². The lowest BCUT2D eigenvalue weighted by Gasteiger charge is -2.45. The van der Waals surface area contributed by atoms with Crippen molar-refractivity contribution in [2.75, 3.05) is 0 Å². The van der Waals surface area contributed by atoms with Crippen molar-refractivity contribution in [2.45, 2.75) is 44.3 Å². The van der Waals surface area contributed by atoms with Crippen molar-refractivity contribution in [1.82, 2.24) is 9.88 Å². The third-order valence-electron chi connectivity index (χ3n) is 5.69. The molecular weight excluding hydrogens is 308 g/mol. The molecule has 5 rings (SSSR count). The van der Waals surface area contributed by atoms with Crippen LogP contribution in [0.2, 0.25) is 0 Å². The zero-order valence-electron chi connectivity index (χ0n) is 14.3. The number of hydrogen-bond donors (Lipinski definition) is 0. The molecule has 2 atom stereocenters. The van der Waals surface area contributed by atoms with Crippen LogP contribution in [-0.2, 0) is 6.54 Å². The minimum Gasteiger partial charge on any atom is -0.443 e. The lowest BCUT2D eigenvalue weighted by molar-refractivity contribution is 0.0951. The van der Waals surface area contributed by atoms with Gasteiger partial charge in [0.2, 0.25) is 0 Å². The summed E-state index contributed by atoms with van der Waals surface area (Å²) in [6.45, 7) is 1.06. The maximum absolute atomic E-state index is 5.38. The van der Waals surface area contributed by atoms with E-state index < -0.39 is 0 Å². The van der Waals surface area contributed by atoms with E-state index in [1.54, 1.807) is 0 Å². The molecule has 0 aliphatic carbocycles. The van der Waals surface area contributed by atoms with Gasteiger partial charge < -0.3 is 4.42 Å². The van der Waals surface area contributed by atoms with Gasteiger partial charge in [-0.3, -0.25) is 4.90 Å². The van der Waals surface area contributed by atoms with Crippen molar-refractivity contribution >= 4 is 16.7 Å². The zero-order valence-corrected chi connectivity index (χ0v) is 14.3. The molecule has 25 heavy (non-hydrogen) atoms. The number of piperidine rings is 1. The average molecular weight is 330 g/mol. The van der Waals surface area contributed by atoms with E-state index in [0.29, 0.717) is 12.1 Å². The fraction of sp³-hybridized carbons (Fsp3) is 0.318. The monoisotopic (exact) mass is 330 g/mol. The van der Waals surface area contributed by atoms with Crippen molar-refractivity contribution in [1.29, 1.82) is 0 Å². The summed E-state index contributed by atoms with van der Waals surface area (Å²) in [4.78, 5) is 7.02. The SMILES string of the molecule is C1=C(c2ccc3ocnc3c2)CC2CCCC1N2Cc1ccccc1. The Morgan fingerprint density at radius 3 is 2.88 bits per heavy atom. The van der Waals surface area contributed by atoms with Crippen LogP contribution in [0.25, 0.3) is 16.7 Å². The van der Waals surface area contributed by atoms with Crippen LogP contribution in [0.4, 0.5) is 0 Å². The Morgan fingerprint density at radius 2 is 2.00 bits per heavy atom. The Bertz CT molecular complexity index is 912. The van der Waals surface area contributed by atoms with Crippen molar-refractivity contribution < 1.29 is 4.42 Å². The van der Waals surface area contributed by atoms with Crippen LogP contribution in [0.15, 0.2) is 65.4 Å². The molecule has 2 aromatic carbocycles. The van der Waals surface area contributed by atoms with E-state index in [1.807, 2.05) is 6.07 Å². The Labute approximate surface area is 148 Å². The summed E-state index contributed by atoms with van der Waals surface area (Å²) in [6.07, 6.45) is 9.06. The molecule has 1 fully saturated rings. The molecular formula is C22H22N2O. The lowest BCUT2D eigenvalue weighted by atomic mass is 9.82. The highest BCUT2D eigenvalue weighted by atomic mass is 16.3. The van der Waals surface area contributed by atoms with Gasteiger partial charge in [-0.2, -0.15) is 0 Å². The van der Waals surface area contributed by atoms with Crippen LogP contribution in [0.3, 0.4) is 0 Å². The summed E-state index contributed by atoms with van der Waals surface area (Å²) in [5, 5.41) is 0. The number of hydrogen-bond acceptors (Lipinski definition) is 3. The van der Waals surface area contributed by atoms with E-state index in [2.05, 4.69) is 58.4 Å². The van der Waals surface area contributed by atoms with E-state index in [0.717, 1.165) is 24.1 Å². The van der Waals surface area contributed by atoms with Crippen LogP contribution in [0.5, 0.6) is 0 Å². The van der Waals surface area contributed by atoms with Crippen molar-refractivity contribution in [3.63, 3.8) is 0 Å². The van der Waals surface area contributed by atoms with Gasteiger partial charge in [0.25, 0.3) is 0 Å². The van der Waals surface area contributed by atoms with Gasteiger partial charge in [-0.1, -0.05) is 48.9 Å². The number of rotatable bonds is 3. The molecule has 2 aliphatic heterocycles. The fourth-order valence-corrected chi connectivity index (χ4v) is 4.43. The molecule has 3 aromatic rings. The van der Waals surface area contributed by atoms with Crippen molar-refractivity contribution in [3.8, 4) is 0 Å². The highest BCUT2D eigenvalue weighted by Gasteiger charge is 2.34. The number of aromatic nitrogens is 1. The van der Waals surface area contributed by atoms with Gasteiger partial charge in [0, 0.05) is 18.6 Å². The molecule has 3 heteroatoms. The highest BCUT2D eigenvalue weighted by Crippen LogP contribution is 2.38. The van der Waals surface area contributed by atoms with Gasteiger partial charge in [0.1, 0.15) is 5.52 Å². The quantitative estimate of drug-likeness (QED) is 0.674. The molecule has 1 saturated heterocycles. The number of nitrogens with zero attached hydrogens (tertiary/aromatic N) is 2. The predicted octanol–water partition coefficient (Wildman–Crippen LogP) is 5.04. The summed E-state index contributed by atoms with van der Waals surface area (Å²) in [7, 11) is 0. The van der Waals surface area contributed by atoms with Crippen LogP contribution in [-0.4, -0.2) is 22.0 Å². The van der Waals surface area contributed by atoms with Crippen LogP contribution < -0.4 is 0 Å². The molecule has 1 aromatic heterocycles. The van der Waals surface area contributed by atoms with Crippen LogP contribution in [0, 0.1) is 0 Å². The number of fused-ring (bicyclic) bond motifs is 3. The van der Waals surface area contributed by atoms with Crippen LogP contribution >= 0.6 is 0 Å². The molecule has 3 nitrogen and oxygen atoms in total. The van der Waals surface area contributed by atoms with E-state index >= 15 is 0 Å². The number of oxazole rings is 1. The topological polar surface area (TPSA) is 29.3 Å². The first-order valence-corrected chi connectivity index (χ1v) is 9.21. The van der Waals surface area contributed by atoms with E-state index in [1.165, 1.54) is 42.4 Å². The van der Waals surface area contributed by atoms with Crippen molar-refractivity contribution in [3.05, 3.63) is 72.1 Å². The van der Waals surface area contributed by atoms with Gasteiger partial charge in [-0.15, -0.1) is 0 Å². The minimum atomic E-state index is 0.552. The summed E-state index contributed by atoms with van der Waals surface area (Å²) >= 11 is 0. The second-order valence-electron chi connectivity index (χ2n) is 7.24. The molecule has 2 aliphatic rings. The molecule has 0 radical (unpaired) electrons. The summed E-state index contributed by atoms with van der Waals surface area (Å²) in [5.41, 5.74) is 6.02. The minimum absolute atomic E-state index is 0.552. The first-order chi connectivity index (χ1) is 12.4. The Morgan fingerprint density at radius 1 is 1.08 bits per heavy atom. The van der Waals surface area contributed by atoms with Gasteiger partial charge in [0.05, 0.1) is 0 Å². The van der Waals surface area contributed by atoms with Crippen LogP contribution in [0.1, 0.15) is 36.8 Å². The molecule has 0 spiro atoms. The fourth-order valence-electron chi connectivity index (χ4n) is 4.43. The third-order valence-corrected chi connectivity index (χ3v) is 5.69. The maximum atomic E-state index is 5.38. The standard InChI is InChI=1S/C22H22N2O/c1-2-5-16(6-3-1)14-24-19-7-4-8-20(24)12-18(11-19)17-9-10-22-21(13-17)23-15-25-22/h1-3,5-6,9-11,13,15,19-20H,4,7-8,12,14H2. The molecule has 2 bridgehead atoms. The Balaban J connectivity index is 1.45. The van der Waals surface area contributed by atoms with E-state index in [-0.39, 0.29) is 0 Å². The van der Waals surface area contributed by atoms with Gasteiger partial charge >= 0.3 is 0 Å². The normalized spacial score (nSPS) is 23.6. The molecule has 0 N–H and O–H groups in total. The first kappa shape index (κ1) is 14.9. The first-order valence-electron chi connectivity index (χ1n) is 9.21. The summed E-state index contributed by atoms with van der Waals surface area (Å²) in [6, 6.07) is 18.5. The largest absolute Gasteiger partial charge is 0.443 e. The molecule has 0 amide bonds. The molecule has 2 unspecified atom stereocenters. The van der Waals surface area contributed by atoms with E-state index in [9.17, 15) is 0 Å². The van der Waals surface area contributed by atoms with Crippen molar-refractivity contribution in [2.24, 2.45) is 0 Å². The van der Waals surface area contributed by atoms with E-state index in [4.69, 9.17) is 4.42 Å². The molecule has 3 heterocycles. The zero-order chi connectivity index (χ0) is 16.6. The second-order valence-corrected chi connectivity index (χ2v) is 7.24. The Hall–Kier alpha value is -2.39. The molecule has 126 valence electrons. The predicted molar refractivity (Wildman–Crippen MR) is 100 cm³/mol. The third kappa shape index (κ3) is 2.79. The molecule has 0 saturated carbocycles. The smallest absolute Gasteiger partial charge is 0.181 e. The van der Waals surface area contributed by atoms with Gasteiger partial charge in [-0.25, -0.2) is 4.98 Å². The Kier molecular flexibility index (Phi) is 3.67. The number of benzene rings is 2. The van der Waals surface area contributed by atoms with Gasteiger partial charge in [0.15, 0.2) is 12.0 Å². The maximum Gasteiger partial charge on any atom is 0.181 e. The lowest BCUT2D eigenvalue weighted by Crippen LogP contribution is -2.47. The highest BCUT2D eigenvalue weighted by molar-refractivity contribution is 5.79. The average Bonchev–Trinajstić information content (AvgIpc) is 3.10. The summed E-state index contributed by atoms with van der Waals surface area (Å²) < 4.78 is 5.38.